The van der Waals surface area contributed by atoms with Gasteiger partial charge in [-0.15, -0.1) is 0 Å². The van der Waals surface area contributed by atoms with Crippen molar-refractivity contribution in [3.63, 3.8) is 0 Å². The first-order chi connectivity index (χ1) is 9.06. The number of hydrogen-bond donors (Lipinski definition) is 3. The van der Waals surface area contributed by atoms with Crippen LogP contribution in [-0.2, 0) is 18.3 Å². The molecule has 0 spiro atoms. The van der Waals surface area contributed by atoms with E-state index in [1.54, 1.807) is 11.6 Å². The molecule has 0 saturated heterocycles. The Morgan fingerprint density at radius 3 is 2.89 bits per heavy atom. The standard InChI is InChI=1S/C11H13N5O3/c1-16-4-9(14-6-16)10(17)15-8(11(18)19)2-7-3-12-5-13-7/h3-6,8H,2H2,1H3,(H,12,13)(H,15,17)(H,18,19)/t8-/m0/s1. The maximum absolute atomic E-state index is 11.8. The molecule has 0 fully saturated rings. The fourth-order valence-corrected chi connectivity index (χ4v) is 1.58. The summed E-state index contributed by atoms with van der Waals surface area (Å²) < 4.78 is 1.61. The number of nitrogens with one attached hydrogen (secondary N) is 2. The average molecular weight is 263 g/mol. The monoisotopic (exact) mass is 263 g/mol. The first-order valence-electron chi connectivity index (χ1n) is 5.55. The van der Waals surface area contributed by atoms with Crippen LogP contribution in [0.4, 0.5) is 0 Å². The van der Waals surface area contributed by atoms with Gasteiger partial charge in [0.05, 0.1) is 12.7 Å². The molecule has 0 bridgehead atoms. The van der Waals surface area contributed by atoms with E-state index in [1.807, 2.05) is 0 Å². The number of rotatable bonds is 5. The third-order valence-electron chi connectivity index (χ3n) is 2.52. The molecule has 8 heteroatoms. The van der Waals surface area contributed by atoms with Gasteiger partial charge in [0.2, 0.25) is 0 Å². The first kappa shape index (κ1) is 12.8. The van der Waals surface area contributed by atoms with Gasteiger partial charge >= 0.3 is 5.97 Å². The lowest BCUT2D eigenvalue weighted by atomic mass is 10.1. The quantitative estimate of drug-likeness (QED) is 0.677. The second-order valence-electron chi connectivity index (χ2n) is 4.07. The van der Waals surface area contributed by atoms with Gasteiger partial charge in [0.25, 0.3) is 5.91 Å². The van der Waals surface area contributed by atoms with Gasteiger partial charge in [-0.1, -0.05) is 0 Å². The molecule has 0 radical (unpaired) electrons. The van der Waals surface area contributed by atoms with E-state index in [0.29, 0.717) is 5.69 Å². The molecule has 0 aliphatic rings. The summed E-state index contributed by atoms with van der Waals surface area (Å²) in [7, 11) is 1.73. The van der Waals surface area contributed by atoms with E-state index in [-0.39, 0.29) is 12.1 Å². The van der Waals surface area contributed by atoms with Crippen molar-refractivity contribution >= 4 is 11.9 Å². The number of aromatic amines is 1. The molecule has 0 unspecified atom stereocenters. The average Bonchev–Trinajstić information content (AvgIpc) is 2.99. The van der Waals surface area contributed by atoms with E-state index < -0.39 is 17.9 Å². The molecule has 0 aliphatic heterocycles. The number of carboxylic acids is 1. The molecule has 1 atom stereocenters. The molecular weight excluding hydrogens is 250 g/mol. The fourth-order valence-electron chi connectivity index (χ4n) is 1.58. The number of aliphatic carboxylic acids is 1. The van der Waals surface area contributed by atoms with Crippen LogP contribution in [0.5, 0.6) is 0 Å². The minimum Gasteiger partial charge on any atom is -0.480 e. The Hall–Kier alpha value is -2.64. The predicted molar refractivity (Wildman–Crippen MR) is 64.4 cm³/mol. The Bertz CT molecular complexity index is 575. The molecule has 0 aromatic carbocycles. The Balaban J connectivity index is 2.04. The van der Waals surface area contributed by atoms with Crippen molar-refractivity contribution in [3.05, 3.63) is 36.4 Å². The second kappa shape index (κ2) is 5.34. The van der Waals surface area contributed by atoms with E-state index in [2.05, 4.69) is 20.3 Å². The highest BCUT2D eigenvalue weighted by Gasteiger charge is 2.22. The van der Waals surface area contributed by atoms with Gasteiger partial charge in [0.15, 0.2) is 0 Å². The topological polar surface area (TPSA) is 113 Å². The number of H-pyrrole nitrogens is 1. The first-order valence-corrected chi connectivity index (χ1v) is 5.55. The van der Waals surface area contributed by atoms with Crippen molar-refractivity contribution in [1.29, 1.82) is 0 Å². The minimum absolute atomic E-state index is 0.133. The third-order valence-corrected chi connectivity index (χ3v) is 2.52. The lowest BCUT2D eigenvalue weighted by Gasteiger charge is -2.12. The molecule has 0 aliphatic carbocycles. The Morgan fingerprint density at radius 2 is 2.37 bits per heavy atom. The van der Waals surface area contributed by atoms with Crippen molar-refractivity contribution in [1.82, 2.24) is 24.8 Å². The number of carbonyl (C=O) groups excluding carboxylic acids is 1. The van der Waals surface area contributed by atoms with Crippen LogP contribution in [0.15, 0.2) is 25.0 Å². The number of carboxylic acid groups (broad SMARTS) is 1. The zero-order chi connectivity index (χ0) is 13.8. The summed E-state index contributed by atoms with van der Waals surface area (Å²) in [6.45, 7) is 0. The number of carbonyl (C=O) groups is 2. The van der Waals surface area contributed by atoms with Gasteiger partial charge < -0.3 is 20.0 Å². The Labute approximate surface area is 108 Å². The van der Waals surface area contributed by atoms with Crippen LogP contribution in [0.2, 0.25) is 0 Å². The summed E-state index contributed by atoms with van der Waals surface area (Å²) in [6, 6.07) is -1.03. The largest absolute Gasteiger partial charge is 0.480 e. The van der Waals surface area contributed by atoms with Crippen LogP contribution in [-0.4, -0.2) is 42.5 Å². The molecule has 8 nitrogen and oxygen atoms in total. The maximum atomic E-state index is 11.8. The normalized spacial score (nSPS) is 12.1. The van der Waals surface area contributed by atoms with Crippen LogP contribution in [0.25, 0.3) is 0 Å². The maximum Gasteiger partial charge on any atom is 0.326 e. The summed E-state index contributed by atoms with van der Waals surface area (Å²) in [4.78, 5) is 33.4. The predicted octanol–water partition coefficient (Wildman–Crippen LogP) is -0.431. The molecule has 0 saturated carbocycles. The molecule has 1 amide bonds. The summed E-state index contributed by atoms with van der Waals surface area (Å²) in [6.07, 6.45) is 6.09. The van der Waals surface area contributed by atoms with Gasteiger partial charge in [0, 0.05) is 31.6 Å². The van der Waals surface area contributed by atoms with Crippen LogP contribution < -0.4 is 5.32 Å². The number of hydrogen-bond acceptors (Lipinski definition) is 4. The molecular formula is C11H13N5O3. The highest BCUT2D eigenvalue weighted by molar-refractivity contribution is 5.94. The van der Waals surface area contributed by atoms with Crippen LogP contribution in [0.1, 0.15) is 16.2 Å². The van der Waals surface area contributed by atoms with E-state index in [1.165, 1.54) is 25.0 Å². The SMILES string of the molecule is Cn1cnc(C(=O)N[C@@H](Cc2cnc[nH]2)C(=O)O)c1. The van der Waals surface area contributed by atoms with Gasteiger partial charge in [0.1, 0.15) is 11.7 Å². The van der Waals surface area contributed by atoms with E-state index in [4.69, 9.17) is 5.11 Å². The van der Waals surface area contributed by atoms with Crippen molar-refractivity contribution in [3.8, 4) is 0 Å². The van der Waals surface area contributed by atoms with Gasteiger partial charge in [-0.25, -0.2) is 14.8 Å². The van der Waals surface area contributed by atoms with E-state index in [0.717, 1.165) is 0 Å². The molecule has 2 rings (SSSR count). The molecule has 2 aromatic rings. The fraction of sp³-hybridized carbons (Fsp3) is 0.273. The zero-order valence-electron chi connectivity index (χ0n) is 10.2. The minimum atomic E-state index is -1.11. The second-order valence-corrected chi connectivity index (χ2v) is 4.07. The van der Waals surface area contributed by atoms with E-state index in [9.17, 15) is 9.59 Å². The molecule has 3 N–H and O–H groups in total. The molecule has 2 heterocycles. The van der Waals surface area contributed by atoms with Crippen LogP contribution in [0, 0.1) is 0 Å². The van der Waals surface area contributed by atoms with E-state index >= 15 is 0 Å². The van der Waals surface area contributed by atoms with Crippen LogP contribution in [0.3, 0.4) is 0 Å². The summed E-state index contributed by atoms with van der Waals surface area (Å²) in [5.41, 5.74) is 0.812. The Morgan fingerprint density at radius 1 is 1.58 bits per heavy atom. The van der Waals surface area contributed by atoms with Crippen molar-refractivity contribution < 1.29 is 14.7 Å². The summed E-state index contributed by atoms with van der Waals surface area (Å²) in [5.74, 6) is -1.63. The van der Waals surface area contributed by atoms with Crippen LogP contribution >= 0.6 is 0 Å². The van der Waals surface area contributed by atoms with Crippen molar-refractivity contribution in [2.45, 2.75) is 12.5 Å². The Kier molecular flexibility index (Phi) is 3.60. The van der Waals surface area contributed by atoms with Gasteiger partial charge in [-0.05, 0) is 0 Å². The lowest BCUT2D eigenvalue weighted by molar-refractivity contribution is -0.139. The molecule has 19 heavy (non-hydrogen) atoms. The van der Waals surface area contributed by atoms with Crippen molar-refractivity contribution in [2.24, 2.45) is 7.05 Å². The lowest BCUT2D eigenvalue weighted by Crippen LogP contribution is -2.42. The number of amides is 1. The third kappa shape index (κ3) is 3.18. The molecule has 2 aromatic heterocycles. The molecule has 100 valence electrons. The van der Waals surface area contributed by atoms with Crippen molar-refractivity contribution in [2.75, 3.05) is 0 Å². The van der Waals surface area contributed by atoms with Gasteiger partial charge in [-0.2, -0.15) is 0 Å². The summed E-state index contributed by atoms with van der Waals surface area (Å²) >= 11 is 0. The van der Waals surface area contributed by atoms with Gasteiger partial charge in [-0.3, -0.25) is 4.79 Å². The highest BCUT2D eigenvalue weighted by Crippen LogP contribution is 2.01. The summed E-state index contributed by atoms with van der Waals surface area (Å²) in [5, 5.41) is 11.5. The highest BCUT2D eigenvalue weighted by atomic mass is 16.4. The zero-order valence-corrected chi connectivity index (χ0v) is 10.2. The smallest absolute Gasteiger partial charge is 0.326 e. The number of nitrogens with zero attached hydrogens (tertiary/aromatic N) is 3. The number of aromatic nitrogens is 4. The number of imidazole rings is 2. The number of aryl methyl sites for hydroxylation is 1.